The van der Waals surface area contributed by atoms with Gasteiger partial charge in [0.25, 0.3) is 0 Å². The molecule has 0 N–H and O–H groups in total. The number of carbonyl (C=O) groups excluding carboxylic acids is 1. The van der Waals surface area contributed by atoms with E-state index in [1.165, 1.54) is 0 Å². The van der Waals surface area contributed by atoms with E-state index in [4.69, 9.17) is 9.26 Å². The zero-order chi connectivity index (χ0) is 16.2. The summed E-state index contributed by atoms with van der Waals surface area (Å²) in [5, 5.41) is 4.07. The molecule has 1 aromatic heterocycles. The Morgan fingerprint density at radius 2 is 2.35 bits per heavy atom. The zero-order valence-electron chi connectivity index (χ0n) is 13.5. The van der Waals surface area contributed by atoms with Gasteiger partial charge in [-0.3, -0.25) is 4.79 Å². The average Bonchev–Trinajstić information content (AvgIpc) is 3.23. The molecule has 1 aromatic carbocycles. The molecule has 0 bridgehead atoms. The number of hydrogen-bond donors (Lipinski definition) is 0. The second-order valence-electron chi connectivity index (χ2n) is 5.76. The second-order valence-corrected chi connectivity index (χ2v) is 5.76. The van der Waals surface area contributed by atoms with Crippen molar-refractivity contribution in [3.63, 3.8) is 0 Å². The molecule has 1 amide bonds. The van der Waals surface area contributed by atoms with E-state index >= 15 is 0 Å². The third-order valence-electron chi connectivity index (χ3n) is 4.17. The molecule has 0 radical (unpaired) electrons. The van der Waals surface area contributed by atoms with Crippen molar-refractivity contribution < 1.29 is 14.1 Å². The molecule has 23 heavy (non-hydrogen) atoms. The Bertz CT molecular complexity index is 683. The van der Waals surface area contributed by atoms with Gasteiger partial charge in [-0.2, -0.15) is 4.98 Å². The van der Waals surface area contributed by atoms with Gasteiger partial charge in [-0.15, -0.1) is 0 Å². The molecular weight excluding hydrogens is 294 g/mol. The Hall–Kier alpha value is -2.37. The van der Waals surface area contributed by atoms with E-state index in [-0.39, 0.29) is 11.8 Å². The van der Waals surface area contributed by atoms with E-state index in [9.17, 15) is 4.79 Å². The third kappa shape index (κ3) is 3.52. The SMILES string of the molecule is CCC(=O)N1CCC(c2nc(Cc3cccc(OC)c3)no2)C1. The number of rotatable bonds is 5. The fourth-order valence-corrected chi connectivity index (χ4v) is 2.88. The Morgan fingerprint density at radius 1 is 1.48 bits per heavy atom. The lowest BCUT2D eigenvalue weighted by molar-refractivity contribution is -0.129. The van der Waals surface area contributed by atoms with E-state index in [2.05, 4.69) is 10.1 Å². The van der Waals surface area contributed by atoms with Crippen molar-refractivity contribution >= 4 is 5.91 Å². The Balaban J connectivity index is 1.65. The van der Waals surface area contributed by atoms with Crippen molar-refractivity contribution in [2.24, 2.45) is 0 Å². The van der Waals surface area contributed by atoms with Crippen molar-refractivity contribution in [2.45, 2.75) is 32.1 Å². The molecule has 122 valence electrons. The monoisotopic (exact) mass is 315 g/mol. The highest BCUT2D eigenvalue weighted by Gasteiger charge is 2.30. The van der Waals surface area contributed by atoms with Gasteiger partial charge in [0, 0.05) is 25.9 Å². The highest BCUT2D eigenvalue weighted by atomic mass is 16.5. The summed E-state index contributed by atoms with van der Waals surface area (Å²) in [7, 11) is 1.65. The van der Waals surface area contributed by atoms with Gasteiger partial charge in [0.1, 0.15) is 5.75 Å². The summed E-state index contributed by atoms with van der Waals surface area (Å²) >= 11 is 0. The molecule has 2 heterocycles. The molecule has 3 rings (SSSR count). The molecule has 0 spiro atoms. The minimum atomic E-state index is 0.150. The van der Waals surface area contributed by atoms with Crippen LogP contribution >= 0.6 is 0 Å². The predicted octanol–water partition coefficient (Wildman–Crippen LogP) is 2.39. The van der Waals surface area contributed by atoms with Gasteiger partial charge < -0.3 is 14.2 Å². The number of amides is 1. The van der Waals surface area contributed by atoms with E-state index in [0.717, 1.165) is 24.3 Å². The maximum absolute atomic E-state index is 11.7. The number of nitrogens with zero attached hydrogens (tertiary/aromatic N) is 3. The van der Waals surface area contributed by atoms with Crippen LogP contribution in [0.1, 0.15) is 43.0 Å². The minimum absolute atomic E-state index is 0.150. The smallest absolute Gasteiger partial charge is 0.231 e. The summed E-state index contributed by atoms with van der Waals surface area (Å²) in [5.74, 6) is 2.44. The number of hydrogen-bond acceptors (Lipinski definition) is 5. The number of methoxy groups -OCH3 is 1. The average molecular weight is 315 g/mol. The van der Waals surface area contributed by atoms with Crippen LogP contribution in [0, 0.1) is 0 Å². The molecule has 1 atom stereocenters. The first-order valence-electron chi connectivity index (χ1n) is 7.92. The van der Waals surface area contributed by atoms with Gasteiger partial charge in [-0.05, 0) is 24.1 Å². The van der Waals surface area contributed by atoms with Gasteiger partial charge in [0.2, 0.25) is 11.8 Å². The fourth-order valence-electron chi connectivity index (χ4n) is 2.88. The summed E-state index contributed by atoms with van der Waals surface area (Å²) in [4.78, 5) is 18.1. The van der Waals surface area contributed by atoms with Crippen LogP contribution in [0.2, 0.25) is 0 Å². The summed E-state index contributed by atoms with van der Waals surface area (Å²) in [5.41, 5.74) is 1.07. The summed E-state index contributed by atoms with van der Waals surface area (Å²) in [6, 6.07) is 7.83. The zero-order valence-corrected chi connectivity index (χ0v) is 13.5. The van der Waals surface area contributed by atoms with Gasteiger partial charge >= 0.3 is 0 Å². The lowest BCUT2D eigenvalue weighted by Gasteiger charge is -2.13. The van der Waals surface area contributed by atoms with E-state index in [0.29, 0.717) is 31.1 Å². The first kappa shape index (κ1) is 15.5. The molecule has 0 saturated carbocycles. The second kappa shape index (κ2) is 6.81. The minimum Gasteiger partial charge on any atom is -0.497 e. The van der Waals surface area contributed by atoms with E-state index in [1.54, 1.807) is 7.11 Å². The lowest BCUT2D eigenvalue weighted by atomic mass is 10.1. The van der Waals surface area contributed by atoms with Crippen molar-refractivity contribution in [2.75, 3.05) is 20.2 Å². The topological polar surface area (TPSA) is 68.5 Å². The van der Waals surface area contributed by atoms with Crippen molar-refractivity contribution in [1.82, 2.24) is 15.0 Å². The standard InChI is InChI=1S/C17H21N3O3/c1-3-16(21)20-8-7-13(11-20)17-18-15(19-23-17)10-12-5-4-6-14(9-12)22-2/h4-6,9,13H,3,7-8,10-11H2,1-2H3. The van der Waals surface area contributed by atoms with Crippen molar-refractivity contribution in [1.29, 1.82) is 0 Å². The highest BCUT2D eigenvalue weighted by molar-refractivity contribution is 5.76. The first-order valence-corrected chi connectivity index (χ1v) is 7.92. The number of carbonyl (C=O) groups is 1. The van der Waals surface area contributed by atoms with Crippen LogP contribution in [0.3, 0.4) is 0 Å². The summed E-state index contributed by atoms with van der Waals surface area (Å²) in [6.07, 6.45) is 2.02. The molecule has 0 aliphatic carbocycles. The maximum Gasteiger partial charge on any atom is 0.231 e. The third-order valence-corrected chi connectivity index (χ3v) is 4.17. The van der Waals surface area contributed by atoms with Crippen LogP contribution < -0.4 is 4.74 Å². The normalized spacial score (nSPS) is 17.5. The van der Waals surface area contributed by atoms with Crippen LogP contribution in [0.25, 0.3) is 0 Å². The number of ether oxygens (including phenoxy) is 1. The quantitative estimate of drug-likeness (QED) is 0.847. The van der Waals surface area contributed by atoms with E-state index in [1.807, 2.05) is 36.1 Å². The molecular formula is C17H21N3O3. The number of likely N-dealkylation sites (tertiary alicyclic amines) is 1. The largest absolute Gasteiger partial charge is 0.497 e. The lowest BCUT2D eigenvalue weighted by Crippen LogP contribution is -2.27. The maximum atomic E-state index is 11.7. The Kier molecular flexibility index (Phi) is 4.60. The molecule has 1 saturated heterocycles. The summed E-state index contributed by atoms with van der Waals surface area (Å²) in [6.45, 7) is 3.33. The van der Waals surface area contributed by atoms with Gasteiger partial charge in [-0.1, -0.05) is 24.2 Å². The molecule has 1 unspecified atom stereocenters. The fraction of sp³-hybridized carbons (Fsp3) is 0.471. The van der Waals surface area contributed by atoms with Gasteiger partial charge in [0.15, 0.2) is 5.82 Å². The van der Waals surface area contributed by atoms with E-state index < -0.39 is 0 Å². The molecule has 2 aromatic rings. The first-order chi connectivity index (χ1) is 11.2. The van der Waals surface area contributed by atoms with Gasteiger partial charge in [-0.25, -0.2) is 0 Å². The number of benzene rings is 1. The van der Waals surface area contributed by atoms with Gasteiger partial charge in [0.05, 0.1) is 13.0 Å². The van der Waals surface area contributed by atoms with Crippen LogP contribution in [-0.4, -0.2) is 41.1 Å². The van der Waals surface area contributed by atoms with Crippen molar-refractivity contribution in [3.8, 4) is 5.75 Å². The molecule has 6 heteroatoms. The van der Waals surface area contributed by atoms with Crippen LogP contribution in [0.5, 0.6) is 5.75 Å². The molecule has 1 fully saturated rings. The highest BCUT2D eigenvalue weighted by Crippen LogP contribution is 2.26. The Labute approximate surface area is 135 Å². The van der Waals surface area contributed by atoms with Crippen molar-refractivity contribution in [3.05, 3.63) is 41.5 Å². The molecule has 1 aliphatic rings. The van der Waals surface area contributed by atoms with Crippen LogP contribution in [0.4, 0.5) is 0 Å². The predicted molar refractivity (Wildman–Crippen MR) is 84.3 cm³/mol. The van der Waals surface area contributed by atoms with Crippen LogP contribution in [-0.2, 0) is 11.2 Å². The molecule has 6 nitrogen and oxygen atoms in total. The Morgan fingerprint density at radius 3 is 3.13 bits per heavy atom. The number of aromatic nitrogens is 2. The molecule has 1 aliphatic heterocycles. The summed E-state index contributed by atoms with van der Waals surface area (Å²) < 4.78 is 10.6. The van der Waals surface area contributed by atoms with Crippen LogP contribution in [0.15, 0.2) is 28.8 Å².